The number of aliphatic hydroxyl groups excluding tert-OH is 1. The Morgan fingerprint density at radius 3 is 2.27 bits per heavy atom. The van der Waals surface area contributed by atoms with Gasteiger partial charge in [0.05, 0.1) is 30.8 Å². The van der Waals surface area contributed by atoms with E-state index in [4.69, 9.17) is 14.6 Å². The molecule has 7 nitrogen and oxygen atoms in total. The number of carboxylic acids is 1. The van der Waals surface area contributed by atoms with Crippen molar-refractivity contribution in [1.82, 2.24) is 0 Å². The van der Waals surface area contributed by atoms with Crippen LogP contribution < -0.4 is 14.4 Å². The summed E-state index contributed by atoms with van der Waals surface area (Å²) in [5, 5.41) is 21.9. The van der Waals surface area contributed by atoms with Gasteiger partial charge in [-0.1, -0.05) is 49.7 Å². The molecule has 0 aromatic heterocycles. The van der Waals surface area contributed by atoms with E-state index >= 15 is 0 Å². The standard InChI is InChI=1S/C26H27NO6/c1-3-5-14-33-24-19-9-7-6-8-18(19)23(32-4-2)21-22(24)26(31)27(25(21)30)17-12-10-16(11-13-17)15-20(28)29/h6-13,26,31H,3-5,14-15H2,1-2H3,(H,28,29). The van der Waals surface area contributed by atoms with E-state index in [2.05, 4.69) is 6.92 Å². The summed E-state index contributed by atoms with van der Waals surface area (Å²) in [7, 11) is 0. The maximum atomic E-state index is 13.6. The highest BCUT2D eigenvalue weighted by molar-refractivity contribution is 6.17. The van der Waals surface area contributed by atoms with E-state index < -0.39 is 18.1 Å². The van der Waals surface area contributed by atoms with Crippen LogP contribution in [0.1, 0.15) is 54.4 Å². The first-order chi connectivity index (χ1) is 16.0. The van der Waals surface area contributed by atoms with Crippen LogP contribution in [0.2, 0.25) is 0 Å². The molecule has 4 rings (SSSR count). The van der Waals surface area contributed by atoms with Gasteiger partial charge in [0, 0.05) is 16.5 Å². The van der Waals surface area contributed by atoms with Crippen LogP contribution in [0.3, 0.4) is 0 Å². The van der Waals surface area contributed by atoms with Gasteiger partial charge in [0.1, 0.15) is 11.5 Å². The summed E-state index contributed by atoms with van der Waals surface area (Å²) in [6.45, 7) is 4.74. The quantitative estimate of drug-likeness (QED) is 0.460. The summed E-state index contributed by atoms with van der Waals surface area (Å²) in [6.07, 6.45) is 0.410. The first kappa shape index (κ1) is 22.6. The van der Waals surface area contributed by atoms with Crippen LogP contribution in [0.4, 0.5) is 5.69 Å². The molecule has 1 atom stereocenters. The predicted molar refractivity (Wildman–Crippen MR) is 125 cm³/mol. The van der Waals surface area contributed by atoms with E-state index in [0.717, 1.165) is 23.6 Å². The molecule has 2 N–H and O–H groups in total. The number of hydrogen-bond donors (Lipinski definition) is 2. The largest absolute Gasteiger partial charge is 0.492 e. The second-order valence-corrected chi connectivity index (χ2v) is 7.91. The number of ether oxygens (including phenoxy) is 2. The van der Waals surface area contributed by atoms with E-state index in [0.29, 0.717) is 47.1 Å². The molecule has 0 aliphatic carbocycles. The number of rotatable bonds is 9. The number of carbonyl (C=O) groups is 2. The van der Waals surface area contributed by atoms with Crippen LogP contribution in [-0.4, -0.2) is 35.3 Å². The fourth-order valence-electron chi connectivity index (χ4n) is 4.19. The van der Waals surface area contributed by atoms with E-state index in [1.165, 1.54) is 4.90 Å². The van der Waals surface area contributed by atoms with E-state index in [1.54, 1.807) is 24.3 Å². The third-order valence-electron chi connectivity index (χ3n) is 5.70. The average Bonchev–Trinajstić information content (AvgIpc) is 3.06. The topological polar surface area (TPSA) is 96.3 Å². The summed E-state index contributed by atoms with van der Waals surface area (Å²) in [6, 6.07) is 14.1. The number of carbonyl (C=O) groups excluding carboxylic acids is 1. The van der Waals surface area contributed by atoms with Gasteiger partial charge in [0.25, 0.3) is 5.91 Å². The summed E-state index contributed by atoms with van der Waals surface area (Å²) in [5.41, 5.74) is 1.76. The Kier molecular flexibility index (Phi) is 6.51. The second kappa shape index (κ2) is 9.50. The van der Waals surface area contributed by atoms with Gasteiger partial charge in [-0.2, -0.15) is 0 Å². The van der Waals surface area contributed by atoms with Crippen LogP contribution in [0.5, 0.6) is 11.5 Å². The highest BCUT2D eigenvalue weighted by Crippen LogP contribution is 2.50. The number of aliphatic hydroxyl groups is 1. The summed E-state index contributed by atoms with van der Waals surface area (Å²) in [4.78, 5) is 25.9. The Morgan fingerprint density at radius 2 is 1.67 bits per heavy atom. The Hall–Kier alpha value is -3.58. The summed E-state index contributed by atoms with van der Waals surface area (Å²) in [5.74, 6) is -0.407. The lowest BCUT2D eigenvalue weighted by molar-refractivity contribution is -0.136. The van der Waals surface area contributed by atoms with Crippen molar-refractivity contribution >= 4 is 28.3 Å². The van der Waals surface area contributed by atoms with Gasteiger partial charge in [-0.25, -0.2) is 0 Å². The van der Waals surface area contributed by atoms with E-state index in [-0.39, 0.29) is 6.42 Å². The van der Waals surface area contributed by atoms with Gasteiger partial charge in [-0.15, -0.1) is 0 Å². The number of amides is 1. The lowest BCUT2D eigenvalue weighted by atomic mass is 9.98. The molecule has 3 aromatic rings. The molecular weight excluding hydrogens is 422 g/mol. The smallest absolute Gasteiger partial charge is 0.307 e. The van der Waals surface area contributed by atoms with Gasteiger partial charge < -0.3 is 19.7 Å². The lowest BCUT2D eigenvalue weighted by Gasteiger charge is -2.22. The highest BCUT2D eigenvalue weighted by Gasteiger charge is 2.43. The second-order valence-electron chi connectivity index (χ2n) is 7.91. The molecule has 1 unspecified atom stereocenters. The molecule has 1 aliphatic rings. The van der Waals surface area contributed by atoms with Crippen molar-refractivity contribution in [2.24, 2.45) is 0 Å². The minimum absolute atomic E-state index is 0.119. The van der Waals surface area contributed by atoms with Crippen LogP contribution >= 0.6 is 0 Å². The molecule has 33 heavy (non-hydrogen) atoms. The summed E-state index contributed by atoms with van der Waals surface area (Å²) >= 11 is 0. The molecular formula is C26H27NO6. The predicted octanol–water partition coefficient (Wildman–Crippen LogP) is 4.70. The van der Waals surface area contributed by atoms with Crippen LogP contribution in [0, 0.1) is 0 Å². The summed E-state index contributed by atoms with van der Waals surface area (Å²) < 4.78 is 12.1. The van der Waals surface area contributed by atoms with Crippen LogP contribution in [0.15, 0.2) is 48.5 Å². The maximum absolute atomic E-state index is 13.6. The molecule has 1 heterocycles. The number of hydrogen-bond acceptors (Lipinski definition) is 5. The number of aliphatic carboxylic acids is 1. The molecule has 3 aromatic carbocycles. The van der Waals surface area contributed by atoms with Crippen molar-refractivity contribution in [2.45, 2.75) is 39.3 Å². The molecule has 0 saturated heterocycles. The zero-order chi connectivity index (χ0) is 23.5. The molecule has 0 fully saturated rings. The maximum Gasteiger partial charge on any atom is 0.307 e. The Bertz CT molecular complexity index is 1190. The number of carboxylic acid groups (broad SMARTS) is 1. The SMILES string of the molecule is CCCCOc1c2c(c(OCC)c3ccccc13)C(=O)N(c1ccc(CC(=O)O)cc1)C2O. The number of nitrogens with zero attached hydrogens (tertiary/aromatic N) is 1. The number of unbranched alkanes of at least 4 members (excludes halogenated alkanes) is 1. The van der Waals surface area contributed by atoms with Crippen molar-refractivity contribution in [3.05, 3.63) is 65.2 Å². The number of anilines is 1. The third kappa shape index (κ3) is 4.12. The molecule has 172 valence electrons. The van der Waals surface area contributed by atoms with Gasteiger partial charge in [0.15, 0.2) is 6.23 Å². The fraction of sp³-hybridized carbons (Fsp3) is 0.308. The average molecular weight is 450 g/mol. The zero-order valence-electron chi connectivity index (χ0n) is 18.7. The van der Waals surface area contributed by atoms with Gasteiger partial charge in [0.2, 0.25) is 0 Å². The third-order valence-corrected chi connectivity index (χ3v) is 5.70. The lowest BCUT2D eigenvalue weighted by Crippen LogP contribution is -2.27. The van der Waals surface area contributed by atoms with Crippen molar-refractivity contribution in [3.63, 3.8) is 0 Å². The van der Waals surface area contributed by atoms with Crippen LogP contribution in [0.25, 0.3) is 10.8 Å². The van der Waals surface area contributed by atoms with Crippen molar-refractivity contribution in [3.8, 4) is 11.5 Å². The molecule has 7 heteroatoms. The van der Waals surface area contributed by atoms with Gasteiger partial charge in [-0.05, 0) is 31.0 Å². The van der Waals surface area contributed by atoms with E-state index in [1.807, 2.05) is 31.2 Å². The molecule has 1 amide bonds. The Morgan fingerprint density at radius 1 is 1.00 bits per heavy atom. The molecule has 0 spiro atoms. The normalized spacial score (nSPS) is 15.1. The number of benzene rings is 3. The minimum atomic E-state index is -1.27. The van der Waals surface area contributed by atoms with Gasteiger partial charge in [-0.3, -0.25) is 14.5 Å². The highest BCUT2D eigenvalue weighted by atomic mass is 16.5. The molecule has 1 aliphatic heterocycles. The van der Waals surface area contributed by atoms with Crippen LogP contribution in [-0.2, 0) is 11.2 Å². The number of fused-ring (bicyclic) bond motifs is 2. The molecule has 0 bridgehead atoms. The first-order valence-electron chi connectivity index (χ1n) is 11.1. The molecule has 0 radical (unpaired) electrons. The Balaban J connectivity index is 1.86. The fourth-order valence-corrected chi connectivity index (χ4v) is 4.19. The Labute approximate surface area is 192 Å². The van der Waals surface area contributed by atoms with Gasteiger partial charge >= 0.3 is 5.97 Å². The minimum Gasteiger partial charge on any atom is -0.492 e. The zero-order valence-corrected chi connectivity index (χ0v) is 18.7. The van der Waals surface area contributed by atoms with Crippen molar-refractivity contribution in [1.29, 1.82) is 0 Å². The monoisotopic (exact) mass is 449 g/mol. The van der Waals surface area contributed by atoms with Crippen molar-refractivity contribution < 1.29 is 29.3 Å². The van der Waals surface area contributed by atoms with E-state index in [9.17, 15) is 14.7 Å². The molecule has 0 saturated carbocycles. The first-order valence-corrected chi connectivity index (χ1v) is 11.1. The van der Waals surface area contributed by atoms with Crippen molar-refractivity contribution in [2.75, 3.05) is 18.1 Å².